The number of aliphatic imine (C=N–C) groups is 1. The Kier molecular flexibility index (Phi) is 5.90. The maximum Gasteiger partial charge on any atom is 0.191 e. The fraction of sp³-hybridized carbons (Fsp3) is 0.941. The molecule has 144 valence electrons. The van der Waals surface area contributed by atoms with E-state index in [9.17, 15) is 8.42 Å². The van der Waals surface area contributed by atoms with E-state index in [1.54, 1.807) is 0 Å². The molecule has 0 amide bonds. The van der Waals surface area contributed by atoms with Crippen molar-refractivity contribution in [2.24, 2.45) is 10.9 Å². The molecular weight excluding hydrogens is 342 g/mol. The first-order valence-corrected chi connectivity index (χ1v) is 11.2. The van der Waals surface area contributed by atoms with E-state index in [1.807, 2.05) is 0 Å². The molecule has 25 heavy (non-hydrogen) atoms. The average molecular weight is 374 g/mol. The van der Waals surface area contributed by atoms with E-state index in [-0.39, 0.29) is 29.6 Å². The van der Waals surface area contributed by atoms with Crippen LogP contribution >= 0.6 is 0 Å². The molecule has 3 aliphatic rings. The largest absolute Gasteiger partial charge is 0.354 e. The van der Waals surface area contributed by atoms with Gasteiger partial charge in [0.05, 0.1) is 18.1 Å². The summed E-state index contributed by atoms with van der Waals surface area (Å²) in [6, 6.07) is 0.250. The van der Waals surface area contributed by atoms with Gasteiger partial charge in [0, 0.05) is 32.0 Å². The van der Waals surface area contributed by atoms with Crippen LogP contribution in [0.25, 0.3) is 0 Å². The van der Waals surface area contributed by atoms with Gasteiger partial charge in [0.2, 0.25) is 0 Å². The molecule has 0 bridgehead atoms. The first kappa shape index (κ1) is 18.9. The van der Waals surface area contributed by atoms with Crippen LogP contribution in [-0.4, -0.2) is 63.5 Å². The van der Waals surface area contributed by atoms with Crippen LogP contribution in [0.1, 0.15) is 46.0 Å². The summed E-state index contributed by atoms with van der Waals surface area (Å²) in [7, 11) is -2.85. The van der Waals surface area contributed by atoms with Gasteiger partial charge in [0.1, 0.15) is 6.10 Å². The minimum absolute atomic E-state index is 0.0316. The van der Waals surface area contributed by atoms with Gasteiger partial charge in [-0.15, -0.1) is 0 Å². The normalized spacial score (nSPS) is 31.1. The number of nitrogens with one attached hydrogen (secondary N) is 2. The molecule has 3 fully saturated rings. The lowest BCUT2D eigenvalue weighted by atomic mass is 10.1. The van der Waals surface area contributed by atoms with Gasteiger partial charge in [-0.25, -0.2) is 8.42 Å². The van der Waals surface area contributed by atoms with Crippen molar-refractivity contribution in [2.45, 2.75) is 63.9 Å². The predicted molar refractivity (Wildman–Crippen MR) is 97.4 cm³/mol. The summed E-state index contributed by atoms with van der Waals surface area (Å²) < 4.78 is 35.2. The third kappa shape index (κ3) is 5.31. The Labute approximate surface area is 150 Å². The molecule has 1 saturated carbocycles. The van der Waals surface area contributed by atoms with E-state index in [0.29, 0.717) is 31.9 Å². The van der Waals surface area contributed by atoms with Crippen molar-refractivity contribution in [3.8, 4) is 0 Å². The fourth-order valence-electron chi connectivity index (χ4n) is 3.77. The van der Waals surface area contributed by atoms with Crippen molar-refractivity contribution >= 4 is 15.8 Å². The standard InChI is InChI=1S/C17H31N3O4S/c1-13(2)20-16(18-9-14-5-8-25(21,22)12-14)19-10-15-11-23-17(24-15)6-3-4-7-17/h13-15H,3-12H2,1-2H3,(H2,18,19,20). The second kappa shape index (κ2) is 7.80. The molecule has 1 aliphatic carbocycles. The topological polar surface area (TPSA) is 89.0 Å². The zero-order chi connectivity index (χ0) is 17.9. The molecule has 2 N–H and O–H groups in total. The van der Waals surface area contributed by atoms with Crippen LogP contribution in [0.5, 0.6) is 0 Å². The number of ether oxygens (including phenoxy) is 2. The smallest absolute Gasteiger partial charge is 0.191 e. The van der Waals surface area contributed by atoms with Gasteiger partial charge >= 0.3 is 0 Å². The molecule has 1 spiro atoms. The molecule has 2 heterocycles. The number of guanidine groups is 1. The third-order valence-electron chi connectivity index (χ3n) is 5.04. The quantitative estimate of drug-likeness (QED) is 0.553. The molecule has 2 aliphatic heterocycles. The van der Waals surface area contributed by atoms with E-state index in [4.69, 9.17) is 9.47 Å². The van der Waals surface area contributed by atoms with Gasteiger partial charge in [0.25, 0.3) is 0 Å². The first-order chi connectivity index (χ1) is 11.9. The molecule has 2 saturated heterocycles. The maximum atomic E-state index is 11.6. The van der Waals surface area contributed by atoms with Crippen LogP contribution in [-0.2, 0) is 19.3 Å². The van der Waals surface area contributed by atoms with E-state index in [2.05, 4.69) is 29.5 Å². The lowest BCUT2D eigenvalue weighted by molar-refractivity contribution is -0.160. The summed E-state index contributed by atoms with van der Waals surface area (Å²) in [6.45, 7) is 5.90. The van der Waals surface area contributed by atoms with E-state index >= 15 is 0 Å². The highest BCUT2D eigenvalue weighted by Gasteiger charge is 2.43. The lowest BCUT2D eigenvalue weighted by Gasteiger charge is -2.22. The average Bonchev–Trinajstić information content (AvgIpc) is 3.24. The van der Waals surface area contributed by atoms with E-state index < -0.39 is 9.84 Å². The van der Waals surface area contributed by atoms with Gasteiger partial charge in [-0.2, -0.15) is 0 Å². The number of hydrogen-bond donors (Lipinski definition) is 2. The summed E-state index contributed by atoms with van der Waals surface area (Å²) in [5.41, 5.74) is 0. The number of nitrogens with zero attached hydrogens (tertiary/aromatic N) is 1. The summed E-state index contributed by atoms with van der Waals surface area (Å²) in [5, 5.41) is 6.63. The highest BCUT2D eigenvalue weighted by molar-refractivity contribution is 7.91. The summed E-state index contributed by atoms with van der Waals surface area (Å²) >= 11 is 0. The lowest BCUT2D eigenvalue weighted by Crippen LogP contribution is -2.45. The minimum Gasteiger partial charge on any atom is -0.354 e. The van der Waals surface area contributed by atoms with Crippen LogP contribution in [0.4, 0.5) is 0 Å². The Hall–Kier alpha value is -0.860. The maximum absolute atomic E-state index is 11.6. The van der Waals surface area contributed by atoms with Crippen molar-refractivity contribution < 1.29 is 17.9 Å². The number of rotatable bonds is 5. The Bertz CT molecular complexity index is 585. The molecule has 7 nitrogen and oxygen atoms in total. The molecule has 3 rings (SSSR count). The summed E-state index contributed by atoms with van der Waals surface area (Å²) in [4.78, 5) is 4.60. The number of hydrogen-bond acceptors (Lipinski definition) is 5. The van der Waals surface area contributed by atoms with Crippen molar-refractivity contribution in [1.82, 2.24) is 10.6 Å². The van der Waals surface area contributed by atoms with Crippen LogP contribution in [0.2, 0.25) is 0 Å². The highest BCUT2D eigenvalue weighted by Crippen LogP contribution is 2.38. The van der Waals surface area contributed by atoms with Gasteiger partial charge in [-0.05, 0) is 39.0 Å². The molecule has 2 atom stereocenters. The van der Waals surface area contributed by atoms with Gasteiger partial charge in [-0.1, -0.05) is 0 Å². The molecular formula is C17H31N3O4S. The molecule has 0 aromatic rings. The Balaban J connectivity index is 1.49. The van der Waals surface area contributed by atoms with Crippen LogP contribution in [0, 0.1) is 5.92 Å². The van der Waals surface area contributed by atoms with Crippen molar-refractivity contribution in [2.75, 3.05) is 31.2 Å². The van der Waals surface area contributed by atoms with Gasteiger partial charge < -0.3 is 20.1 Å². The highest BCUT2D eigenvalue weighted by atomic mass is 32.2. The molecule has 0 aromatic carbocycles. The summed E-state index contributed by atoms with van der Waals surface area (Å²) in [6.07, 6.45) is 5.07. The minimum atomic E-state index is -2.85. The zero-order valence-corrected chi connectivity index (χ0v) is 16.1. The van der Waals surface area contributed by atoms with Crippen LogP contribution < -0.4 is 10.6 Å². The van der Waals surface area contributed by atoms with E-state index in [0.717, 1.165) is 18.8 Å². The molecule has 8 heteroatoms. The fourth-order valence-corrected chi connectivity index (χ4v) is 5.62. The van der Waals surface area contributed by atoms with Crippen LogP contribution in [0.3, 0.4) is 0 Å². The second-order valence-electron chi connectivity index (χ2n) is 7.81. The Morgan fingerprint density at radius 2 is 2.08 bits per heavy atom. The third-order valence-corrected chi connectivity index (χ3v) is 6.87. The first-order valence-electron chi connectivity index (χ1n) is 9.43. The SMILES string of the molecule is CC(C)NC(=NCC1CCS(=O)(=O)C1)NCC1COC2(CCCC2)O1. The predicted octanol–water partition coefficient (Wildman–Crippen LogP) is 1.05. The van der Waals surface area contributed by atoms with Gasteiger partial charge in [0.15, 0.2) is 21.6 Å². The second-order valence-corrected chi connectivity index (χ2v) is 10.0. The Morgan fingerprint density at radius 3 is 2.72 bits per heavy atom. The zero-order valence-electron chi connectivity index (χ0n) is 15.3. The van der Waals surface area contributed by atoms with Crippen molar-refractivity contribution in [3.63, 3.8) is 0 Å². The van der Waals surface area contributed by atoms with Crippen LogP contribution in [0.15, 0.2) is 4.99 Å². The molecule has 2 unspecified atom stereocenters. The summed E-state index contributed by atoms with van der Waals surface area (Å²) in [5.74, 6) is 1.06. The van der Waals surface area contributed by atoms with Crippen molar-refractivity contribution in [3.05, 3.63) is 0 Å². The Morgan fingerprint density at radius 1 is 1.32 bits per heavy atom. The van der Waals surface area contributed by atoms with E-state index in [1.165, 1.54) is 12.8 Å². The monoisotopic (exact) mass is 373 g/mol. The van der Waals surface area contributed by atoms with Crippen molar-refractivity contribution in [1.29, 1.82) is 0 Å². The molecule has 0 aromatic heterocycles. The molecule has 0 radical (unpaired) electrons. The van der Waals surface area contributed by atoms with Gasteiger partial charge in [-0.3, -0.25) is 4.99 Å². The number of sulfone groups is 1.